The molecule has 2 aliphatic rings. The van der Waals surface area contributed by atoms with Crippen LogP contribution >= 0.6 is 11.6 Å². The number of piperidine rings is 1. The molecule has 1 atom stereocenters. The van der Waals surface area contributed by atoms with E-state index >= 15 is 0 Å². The number of likely N-dealkylation sites (tertiary alicyclic amines) is 1. The molecule has 1 aromatic heterocycles. The molecule has 0 unspecified atom stereocenters. The van der Waals surface area contributed by atoms with Gasteiger partial charge in [0.05, 0.1) is 0 Å². The van der Waals surface area contributed by atoms with Crippen LogP contribution < -0.4 is 5.32 Å². The van der Waals surface area contributed by atoms with Crippen LogP contribution in [0.3, 0.4) is 0 Å². The molecule has 1 aliphatic heterocycles. The van der Waals surface area contributed by atoms with Crippen LogP contribution in [0.2, 0.25) is 5.02 Å². The maximum atomic E-state index is 12.6. The van der Waals surface area contributed by atoms with Gasteiger partial charge in [0, 0.05) is 54.4 Å². The van der Waals surface area contributed by atoms with Crippen LogP contribution in [0.15, 0.2) is 48.7 Å². The Balaban J connectivity index is 1.24. The first-order valence-electron chi connectivity index (χ1n) is 9.80. The first kappa shape index (κ1) is 18.9. The first-order chi connectivity index (χ1) is 13.6. The van der Waals surface area contributed by atoms with Gasteiger partial charge in [-0.15, -0.1) is 0 Å². The third-order valence-corrected chi connectivity index (χ3v) is 6.30. The van der Waals surface area contributed by atoms with Crippen LogP contribution in [0.25, 0.3) is 0 Å². The van der Waals surface area contributed by atoms with Gasteiger partial charge in [-0.1, -0.05) is 17.7 Å². The monoisotopic (exact) mass is 397 g/mol. The lowest BCUT2D eigenvalue weighted by atomic mass is 9.90. The number of rotatable bonds is 5. The normalized spacial score (nSPS) is 20.0. The predicted octanol–water partition coefficient (Wildman–Crippen LogP) is 3.34. The zero-order valence-corrected chi connectivity index (χ0v) is 16.5. The van der Waals surface area contributed by atoms with Gasteiger partial charge in [-0.3, -0.25) is 14.6 Å². The van der Waals surface area contributed by atoms with Gasteiger partial charge in [-0.2, -0.15) is 0 Å². The van der Waals surface area contributed by atoms with E-state index in [4.69, 9.17) is 11.6 Å². The van der Waals surface area contributed by atoms with Gasteiger partial charge in [-0.05, 0) is 61.1 Å². The second-order valence-electron chi connectivity index (χ2n) is 7.78. The van der Waals surface area contributed by atoms with Crippen LogP contribution in [0.5, 0.6) is 0 Å². The van der Waals surface area contributed by atoms with Crippen LogP contribution in [-0.2, 0) is 11.2 Å². The summed E-state index contributed by atoms with van der Waals surface area (Å²) in [6, 6.07) is 12.8. The number of carbonyl (C=O) groups is 2. The number of hydrogen-bond donors (Lipinski definition) is 1. The average molecular weight is 398 g/mol. The van der Waals surface area contributed by atoms with Crippen molar-refractivity contribution in [1.82, 2.24) is 15.2 Å². The van der Waals surface area contributed by atoms with E-state index in [0.29, 0.717) is 30.2 Å². The number of aromatic nitrogens is 1. The molecule has 1 aliphatic carbocycles. The number of pyridine rings is 1. The van der Waals surface area contributed by atoms with Gasteiger partial charge in [0.15, 0.2) is 0 Å². The standard InChI is InChI=1S/C22H24ClN3O2/c23-17-6-4-16(5-7-17)21(28)26-13-9-22(10-14-26)15-19(22)20(27)25-12-8-18-3-1-2-11-24-18/h1-7,11,19H,8-10,12-15H2,(H,25,27)/t19-/m1/s1. The molecule has 0 radical (unpaired) electrons. The molecule has 6 heteroatoms. The minimum Gasteiger partial charge on any atom is -0.355 e. The second-order valence-corrected chi connectivity index (χ2v) is 8.22. The summed E-state index contributed by atoms with van der Waals surface area (Å²) in [5, 5.41) is 3.69. The number of nitrogens with one attached hydrogen (secondary N) is 1. The van der Waals surface area contributed by atoms with E-state index in [1.165, 1.54) is 0 Å². The molecule has 2 aromatic rings. The second kappa shape index (κ2) is 7.92. The fraction of sp³-hybridized carbons (Fsp3) is 0.409. The summed E-state index contributed by atoms with van der Waals surface area (Å²) < 4.78 is 0. The molecule has 28 heavy (non-hydrogen) atoms. The molecule has 1 saturated carbocycles. The Morgan fingerprint density at radius 1 is 1.14 bits per heavy atom. The molecule has 2 fully saturated rings. The van der Waals surface area contributed by atoms with Gasteiger partial charge < -0.3 is 10.2 Å². The highest BCUT2D eigenvalue weighted by Crippen LogP contribution is 2.59. The topological polar surface area (TPSA) is 62.3 Å². The molecule has 4 rings (SSSR count). The summed E-state index contributed by atoms with van der Waals surface area (Å²) in [4.78, 5) is 31.3. The number of benzene rings is 1. The maximum absolute atomic E-state index is 12.6. The zero-order chi connectivity index (χ0) is 19.6. The summed E-state index contributed by atoms with van der Waals surface area (Å²) in [6.45, 7) is 2.03. The Bertz CT molecular complexity index is 846. The van der Waals surface area contributed by atoms with E-state index < -0.39 is 0 Å². The highest BCUT2D eigenvalue weighted by Gasteiger charge is 2.58. The average Bonchev–Trinajstić information content (AvgIpc) is 3.43. The van der Waals surface area contributed by atoms with Gasteiger partial charge in [0.2, 0.25) is 5.91 Å². The zero-order valence-electron chi connectivity index (χ0n) is 15.7. The predicted molar refractivity (Wildman–Crippen MR) is 108 cm³/mol. The van der Waals surface area contributed by atoms with E-state index in [1.807, 2.05) is 23.1 Å². The van der Waals surface area contributed by atoms with Crippen LogP contribution in [0.4, 0.5) is 0 Å². The van der Waals surface area contributed by atoms with E-state index in [-0.39, 0.29) is 23.1 Å². The Morgan fingerprint density at radius 2 is 1.89 bits per heavy atom. The van der Waals surface area contributed by atoms with E-state index in [2.05, 4.69) is 10.3 Å². The summed E-state index contributed by atoms with van der Waals surface area (Å²) in [7, 11) is 0. The Labute approximate surface area is 170 Å². The quantitative estimate of drug-likeness (QED) is 0.841. The lowest BCUT2D eigenvalue weighted by Crippen LogP contribution is -2.40. The van der Waals surface area contributed by atoms with Gasteiger partial charge >= 0.3 is 0 Å². The summed E-state index contributed by atoms with van der Waals surface area (Å²) >= 11 is 5.90. The van der Waals surface area contributed by atoms with Crippen molar-refractivity contribution < 1.29 is 9.59 Å². The fourth-order valence-corrected chi connectivity index (χ4v) is 4.31. The van der Waals surface area contributed by atoms with Crippen molar-refractivity contribution in [2.75, 3.05) is 19.6 Å². The molecule has 0 bridgehead atoms. The van der Waals surface area contributed by atoms with Gasteiger partial charge in [0.1, 0.15) is 0 Å². The molecule has 2 amide bonds. The van der Waals surface area contributed by atoms with Crippen molar-refractivity contribution in [2.45, 2.75) is 25.7 Å². The molecular formula is C22H24ClN3O2. The summed E-state index contributed by atoms with van der Waals surface area (Å²) in [5.41, 5.74) is 1.74. The molecular weight excluding hydrogens is 374 g/mol. The van der Waals surface area contributed by atoms with Crippen molar-refractivity contribution in [2.24, 2.45) is 11.3 Å². The molecule has 1 saturated heterocycles. The van der Waals surface area contributed by atoms with Gasteiger partial charge in [0.25, 0.3) is 5.91 Å². The third kappa shape index (κ3) is 4.04. The van der Waals surface area contributed by atoms with Crippen LogP contribution in [0.1, 0.15) is 35.3 Å². The van der Waals surface area contributed by atoms with Crippen molar-refractivity contribution in [3.63, 3.8) is 0 Å². The minimum absolute atomic E-state index is 0.0449. The molecule has 1 N–H and O–H groups in total. The SMILES string of the molecule is O=C(NCCc1ccccn1)[C@H]1CC12CCN(C(=O)c1ccc(Cl)cc1)CC2. The van der Waals surface area contributed by atoms with Gasteiger partial charge in [-0.25, -0.2) is 0 Å². The van der Waals surface area contributed by atoms with E-state index in [1.54, 1.807) is 30.5 Å². The smallest absolute Gasteiger partial charge is 0.253 e. The Morgan fingerprint density at radius 3 is 2.57 bits per heavy atom. The van der Waals surface area contributed by atoms with E-state index in [0.717, 1.165) is 31.4 Å². The van der Waals surface area contributed by atoms with Crippen molar-refractivity contribution in [3.8, 4) is 0 Å². The minimum atomic E-state index is 0.0449. The first-order valence-corrected chi connectivity index (χ1v) is 10.2. The van der Waals surface area contributed by atoms with Crippen molar-refractivity contribution in [3.05, 3.63) is 64.9 Å². The van der Waals surface area contributed by atoms with Crippen molar-refractivity contribution >= 4 is 23.4 Å². The number of hydrogen-bond acceptors (Lipinski definition) is 3. The Hall–Kier alpha value is -2.40. The maximum Gasteiger partial charge on any atom is 0.253 e. The summed E-state index contributed by atoms with van der Waals surface area (Å²) in [5.74, 6) is 0.279. The number of halogens is 1. The van der Waals surface area contributed by atoms with Crippen LogP contribution in [0, 0.1) is 11.3 Å². The Kier molecular flexibility index (Phi) is 5.36. The highest BCUT2D eigenvalue weighted by molar-refractivity contribution is 6.30. The number of amides is 2. The summed E-state index contributed by atoms with van der Waals surface area (Å²) in [6.07, 6.45) is 5.24. The molecule has 1 spiro atoms. The molecule has 5 nitrogen and oxygen atoms in total. The number of nitrogens with zero attached hydrogens (tertiary/aromatic N) is 2. The van der Waals surface area contributed by atoms with Crippen molar-refractivity contribution in [1.29, 1.82) is 0 Å². The van der Waals surface area contributed by atoms with E-state index in [9.17, 15) is 9.59 Å². The highest BCUT2D eigenvalue weighted by atomic mass is 35.5. The fourth-order valence-electron chi connectivity index (χ4n) is 4.18. The molecule has 146 valence electrons. The van der Waals surface area contributed by atoms with Crippen LogP contribution in [-0.4, -0.2) is 41.3 Å². The molecule has 2 heterocycles. The largest absolute Gasteiger partial charge is 0.355 e. The number of carbonyl (C=O) groups excluding carboxylic acids is 2. The molecule has 1 aromatic carbocycles. The third-order valence-electron chi connectivity index (χ3n) is 6.05. The lowest BCUT2D eigenvalue weighted by Gasteiger charge is -2.33. The lowest BCUT2D eigenvalue weighted by molar-refractivity contribution is -0.123.